The lowest BCUT2D eigenvalue weighted by Crippen LogP contribution is -2.38. The van der Waals surface area contributed by atoms with Gasteiger partial charge in [0.05, 0.1) is 6.10 Å². The number of ether oxygens (including phenoxy) is 1. The molecule has 1 atom stereocenters. The highest BCUT2D eigenvalue weighted by Gasteiger charge is 2.33. The molecule has 0 aromatic heterocycles. The summed E-state index contributed by atoms with van der Waals surface area (Å²) in [6, 6.07) is 0. The maximum absolute atomic E-state index is 11.3. The predicted octanol–water partition coefficient (Wildman–Crippen LogP) is 1.43. The Hall–Kier alpha value is -1.09. The average Bonchev–Trinajstić information content (AvgIpc) is 2.03. The molecule has 1 N–H and O–H groups in total. The average molecular weight is 184 g/mol. The van der Waals surface area contributed by atoms with Crippen molar-refractivity contribution in [2.45, 2.75) is 32.0 Å². The van der Waals surface area contributed by atoms with Gasteiger partial charge in [0.25, 0.3) is 0 Å². The van der Waals surface area contributed by atoms with Crippen molar-refractivity contribution in [2.75, 3.05) is 0 Å². The fourth-order valence-corrected chi connectivity index (χ4v) is 0.786. The molecule has 0 bridgehead atoms. The van der Waals surface area contributed by atoms with E-state index in [-0.39, 0.29) is 12.5 Å². The molecule has 0 heterocycles. The Labute approximate surface area is 78.7 Å². The number of rotatable bonds is 5. The summed E-state index contributed by atoms with van der Waals surface area (Å²) in [6.45, 7) is 10.3. The van der Waals surface area contributed by atoms with Gasteiger partial charge in [-0.2, -0.15) is 0 Å². The van der Waals surface area contributed by atoms with Gasteiger partial charge in [0.15, 0.2) is 5.60 Å². The molecule has 0 fully saturated rings. The van der Waals surface area contributed by atoms with Gasteiger partial charge in [0.1, 0.15) is 0 Å². The maximum atomic E-state index is 11.3. The summed E-state index contributed by atoms with van der Waals surface area (Å²) in [5.74, 6) is -0.683. The van der Waals surface area contributed by atoms with Crippen LogP contribution in [0.15, 0.2) is 25.3 Å². The third-order valence-electron chi connectivity index (χ3n) is 1.49. The number of aliphatic hydroxyl groups is 1. The van der Waals surface area contributed by atoms with E-state index in [1.165, 1.54) is 12.2 Å². The first-order valence-electron chi connectivity index (χ1n) is 4.14. The normalized spacial score (nSPS) is 14.8. The van der Waals surface area contributed by atoms with E-state index < -0.39 is 11.6 Å². The second-order valence-electron chi connectivity index (χ2n) is 3.08. The second kappa shape index (κ2) is 4.82. The minimum absolute atomic E-state index is 0.113. The minimum Gasteiger partial charge on any atom is -0.461 e. The van der Waals surface area contributed by atoms with Crippen LogP contribution in [0, 0.1) is 0 Å². The van der Waals surface area contributed by atoms with Gasteiger partial charge in [0.2, 0.25) is 0 Å². The largest absolute Gasteiger partial charge is 0.461 e. The van der Waals surface area contributed by atoms with E-state index in [0.29, 0.717) is 0 Å². The summed E-state index contributed by atoms with van der Waals surface area (Å²) >= 11 is 0. The van der Waals surface area contributed by atoms with E-state index in [0.717, 1.165) is 0 Å². The van der Waals surface area contributed by atoms with Crippen LogP contribution in [-0.2, 0) is 9.53 Å². The number of hydrogen-bond acceptors (Lipinski definition) is 3. The highest BCUT2D eigenvalue weighted by Crippen LogP contribution is 2.15. The number of hydrogen-bond donors (Lipinski definition) is 1. The van der Waals surface area contributed by atoms with Crippen molar-refractivity contribution in [3.63, 3.8) is 0 Å². The Morgan fingerprint density at radius 3 is 2.46 bits per heavy atom. The molecule has 0 aromatic rings. The molecule has 3 nitrogen and oxygen atoms in total. The Morgan fingerprint density at radius 2 is 2.15 bits per heavy atom. The molecular weight excluding hydrogens is 168 g/mol. The van der Waals surface area contributed by atoms with Gasteiger partial charge >= 0.3 is 5.97 Å². The molecule has 3 heteroatoms. The maximum Gasteiger partial charge on any atom is 0.342 e. The summed E-state index contributed by atoms with van der Waals surface area (Å²) in [5.41, 5.74) is -1.63. The summed E-state index contributed by atoms with van der Waals surface area (Å²) in [6.07, 6.45) is 2.48. The number of esters is 1. The lowest BCUT2D eigenvalue weighted by Gasteiger charge is -2.21. The van der Waals surface area contributed by atoms with E-state index in [1.807, 2.05) is 0 Å². The standard InChI is InChI=1S/C10H16O3/c1-5-7-10(12,6-2)9(11)13-8(3)4/h5-6,8,12H,1-2,7H2,3-4H3. The van der Waals surface area contributed by atoms with E-state index in [9.17, 15) is 9.90 Å². The Morgan fingerprint density at radius 1 is 1.62 bits per heavy atom. The van der Waals surface area contributed by atoms with Crippen molar-refractivity contribution in [3.8, 4) is 0 Å². The molecule has 0 saturated carbocycles. The zero-order valence-electron chi connectivity index (χ0n) is 8.12. The van der Waals surface area contributed by atoms with Crippen molar-refractivity contribution in [1.82, 2.24) is 0 Å². The highest BCUT2D eigenvalue weighted by atomic mass is 16.6. The van der Waals surface area contributed by atoms with Crippen LogP contribution < -0.4 is 0 Å². The van der Waals surface area contributed by atoms with Gasteiger partial charge in [-0.1, -0.05) is 12.7 Å². The quantitative estimate of drug-likeness (QED) is 0.519. The van der Waals surface area contributed by atoms with Gasteiger partial charge in [0, 0.05) is 6.42 Å². The van der Waals surface area contributed by atoms with Crippen LogP contribution in [0.2, 0.25) is 0 Å². The van der Waals surface area contributed by atoms with E-state index in [2.05, 4.69) is 13.2 Å². The summed E-state index contributed by atoms with van der Waals surface area (Å²) < 4.78 is 4.85. The molecule has 0 rings (SSSR count). The fourth-order valence-electron chi connectivity index (χ4n) is 0.786. The van der Waals surface area contributed by atoms with Crippen molar-refractivity contribution < 1.29 is 14.6 Å². The molecule has 0 aliphatic carbocycles. The van der Waals surface area contributed by atoms with Crippen molar-refractivity contribution in [2.24, 2.45) is 0 Å². The summed E-state index contributed by atoms with van der Waals surface area (Å²) in [5, 5.41) is 9.67. The van der Waals surface area contributed by atoms with Gasteiger partial charge in [-0.25, -0.2) is 4.79 Å². The predicted molar refractivity (Wildman–Crippen MR) is 51.2 cm³/mol. The van der Waals surface area contributed by atoms with Gasteiger partial charge < -0.3 is 9.84 Å². The first-order valence-corrected chi connectivity index (χ1v) is 4.14. The molecule has 1 unspecified atom stereocenters. The van der Waals surface area contributed by atoms with E-state index in [4.69, 9.17) is 4.74 Å². The van der Waals surface area contributed by atoms with Crippen LogP contribution in [0.5, 0.6) is 0 Å². The first-order chi connectivity index (χ1) is 5.96. The smallest absolute Gasteiger partial charge is 0.342 e. The zero-order chi connectivity index (χ0) is 10.5. The topological polar surface area (TPSA) is 46.5 Å². The molecule has 0 aliphatic heterocycles. The lowest BCUT2D eigenvalue weighted by molar-refractivity contribution is -0.164. The van der Waals surface area contributed by atoms with E-state index in [1.54, 1.807) is 13.8 Å². The molecule has 0 radical (unpaired) electrons. The Bertz CT molecular complexity index is 208. The van der Waals surface area contributed by atoms with Crippen LogP contribution >= 0.6 is 0 Å². The molecule has 0 aromatic carbocycles. The highest BCUT2D eigenvalue weighted by molar-refractivity contribution is 5.82. The monoisotopic (exact) mass is 184 g/mol. The molecule has 13 heavy (non-hydrogen) atoms. The summed E-state index contributed by atoms with van der Waals surface area (Å²) in [4.78, 5) is 11.3. The Kier molecular flexibility index (Phi) is 4.42. The van der Waals surface area contributed by atoms with Crippen molar-refractivity contribution >= 4 is 5.97 Å². The van der Waals surface area contributed by atoms with Crippen LogP contribution in [-0.4, -0.2) is 22.8 Å². The molecular formula is C10H16O3. The van der Waals surface area contributed by atoms with Gasteiger partial charge in [-0.3, -0.25) is 0 Å². The first kappa shape index (κ1) is 11.9. The lowest BCUT2D eigenvalue weighted by atomic mass is 10.0. The summed E-state index contributed by atoms with van der Waals surface area (Å²) in [7, 11) is 0. The van der Waals surface area contributed by atoms with Crippen LogP contribution in [0.3, 0.4) is 0 Å². The number of carbonyl (C=O) groups excluding carboxylic acids is 1. The zero-order valence-corrected chi connectivity index (χ0v) is 8.12. The minimum atomic E-state index is -1.63. The molecule has 0 saturated heterocycles. The van der Waals surface area contributed by atoms with Crippen LogP contribution in [0.25, 0.3) is 0 Å². The van der Waals surface area contributed by atoms with Crippen molar-refractivity contribution in [3.05, 3.63) is 25.3 Å². The third-order valence-corrected chi connectivity index (χ3v) is 1.49. The molecule has 74 valence electrons. The van der Waals surface area contributed by atoms with Crippen molar-refractivity contribution in [1.29, 1.82) is 0 Å². The SMILES string of the molecule is C=CCC(O)(C=C)C(=O)OC(C)C. The molecule has 0 aliphatic rings. The van der Waals surface area contributed by atoms with E-state index >= 15 is 0 Å². The van der Waals surface area contributed by atoms with Gasteiger partial charge in [-0.15, -0.1) is 6.58 Å². The molecule has 0 spiro atoms. The fraction of sp³-hybridized carbons (Fsp3) is 0.500. The van der Waals surface area contributed by atoms with Crippen LogP contribution in [0.1, 0.15) is 20.3 Å². The van der Waals surface area contributed by atoms with Gasteiger partial charge in [-0.05, 0) is 19.9 Å². The van der Waals surface area contributed by atoms with Crippen LogP contribution in [0.4, 0.5) is 0 Å². The second-order valence-corrected chi connectivity index (χ2v) is 3.08. The molecule has 0 amide bonds. The Balaban J connectivity index is 4.46. The third kappa shape index (κ3) is 3.42. The number of carbonyl (C=O) groups is 1.